The van der Waals surface area contributed by atoms with Gasteiger partial charge in [0.25, 0.3) is 0 Å². The predicted octanol–water partition coefficient (Wildman–Crippen LogP) is 4.28. The molecular weight excluding hydrogens is 512 g/mol. The lowest BCUT2D eigenvalue weighted by atomic mass is 10.2. The van der Waals surface area contributed by atoms with E-state index in [1.165, 1.54) is 0 Å². The van der Waals surface area contributed by atoms with Crippen LogP contribution in [-0.4, -0.2) is 22.6 Å². The van der Waals surface area contributed by atoms with Gasteiger partial charge < -0.3 is 0 Å². The molecule has 190 valence electrons. The second kappa shape index (κ2) is 10.8. The number of hydrazine groups is 4. The van der Waals surface area contributed by atoms with Crippen molar-refractivity contribution in [2.75, 3.05) is 20.0 Å². The first-order chi connectivity index (χ1) is 18.7. The lowest BCUT2D eigenvalue weighted by Crippen LogP contribution is -2.81. The molecule has 0 radical (unpaired) electrons. The molecule has 0 aromatic heterocycles. The molecule has 0 spiro atoms. The van der Waals surface area contributed by atoms with Crippen molar-refractivity contribution in [1.29, 1.82) is 0 Å². The third-order valence-corrected chi connectivity index (χ3v) is 6.96. The van der Waals surface area contributed by atoms with Crippen LogP contribution in [0.4, 0.5) is 22.7 Å². The molecule has 0 aliphatic carbocycles. The Hall–Kier alpha value is -3.90. The molecular formula is C28H26N8S2. The Morgan fingerprint density at radius 3 is 0.789 bits per heavy atom. The molecule has 38 heavy (non-hydrogen) atoms. The summed E-state index contributed by atoms with van der Waals surface area (Å²) >= 11 is 11.9. The molecule has 2 aliphatic heterocycles. The predicted molar refractivity (Wildman–Crippen MR) is 161 cm³/mol. The number of nitrogens with zero attached hydrogens (tertiary/aromatic N) is 4. The standard InChI is InChI=1S/C28H26N8S2/c37-27-33(21-13-5-1-6-14-21)29-25(30-34(27)22-15-7-2-8-16-22)26-31-35(23-17-9-3-10-18-23)28(38)36(32-26)24-19-11-4-12-20-24/h1-20,25-26,29-32H. The Balaban J connectivity index is 1.38. The van der Waals surface area contributed by atoms with Crippen LogP contribution >= 0.6 is 24.4 Å². The molecule has 2 fully saturated rings. The first-order valence-electron chi connectivity index (χ1n) is 12.2. The molecule has 0 atom stereocenters. The highest BCUT2D eigenvalue weighted by atomic mass is 32.1. The second-order valence-corrected chi connectivity index (χ2v) is 9.45. The average molecular weight is 539 g/mol. The van der Waals surface area contributed by atoms with Crippen LogP contribution in [0.5, 0.6) is 0 Å². The summed E-state index contributed by atoms with van der Waals surface area (Å²) in [6, 6.07) is 40.1. The number of anilines is 4. The molecule has 0 bridgehead atoms. The van der Waals surface area contributed by atoms with Crippen LogP contribution in [-0.2, 0) is 0 Å². The van der Waals surface area contributed by atoms with Gasteiger partial charge in [-0.25, -0.2) is 41.7 Å². The van der Waals surface area contributed by atoms with Crippen molar-refractivity contribution >= 4 is 57.4 Å². The molecule has 4 aromatic carbocycles. The van der Waals surface area contributed by atoms with E-state index in [9.17, 15) is 0 Å². The molecule has 0 unspecified atom stereocenters. The summed E-state index contributed by atoms with van der Waals surface area (Å²) in [7, 11) is 0. The second-order valence-electron chi connectivity index (χ2n) is 8.72. The number of hydrogen-bond donors (Lipinski definition) is 4. The first kappa shape index (κ1) is 24.4. The van der Waals surface area contributed by atoms with Crippen molar-refractivity contribution in [2.45, 2.75) is 12.3 Å². The summed E-state index contributed by atoms with van der Waals surface area (Å²) in [5, 5.41) is 8.81. The van der Waals surface area contributed by atoms with Crippen LogP contribution in [0, 0.1) is 0 Å². The van der Waals surface area contributed by atoms with Crippen molar-refractivity contribution in [3.8, 4) is 0 Å². The Bertz CT molecular complexity index is 1180. The maximum absolute atomic E-state index is 5.93. The monoisotopic (exact) mass is 538 g/mol. The van der Waals surface area contributed by atoms with Crippen molar-refractivity contribution in [1.82, 2.24) is 21.7 Å². The van der Waals surface area contributed by atoms with Crippen LogP contribution in [0.15, 0.2) is 121 Å². The van der Waals surface area contributed by atoms with Gasteiger partial charge in [0.15, 0.2) is 0 Å². The minimum absolute atomic E-state index is 0.359. The fourth-order valence-electron chi connectivity index (χ4n) is 4.38. The molecule has 4 N–H and O–H groups in total. The third-order valence-electron chi connectivity index (χ3n) is 6.23. The molecule has 2 aliphatic rings. The SMILES string of the molecule is S=C1N(c2ccccc2)NC(C2NN(c3ccccc3)C(=S)N(c3ccccc3)N2)NN1c1ccccc1. The van der Waals surface area contributed by atoms with Crippen molar-refractivity contribution < 1.29 is 0 Å². The molecule has 2 heterocycles. The molecule has 6 rings (SSSR count). The number of thiocarbonyl (C=S) groups is 2. The molecule has 8 nitrogen and oxygen atoms in total. The van der Waals surface area contributed by atoms with Gasteiger partial charge in [-0.2, -0.15) is 0 Å². The fourth-order valence-corrected chi connectivity index (χ4v) is 5.01. The topological polar surface area (TPSA) is 61.1 Å². The zero-order chi connectivity index (χ0) is 25.9. The molecule has 0 saturated carbocycles. The molecule has 4 aromatic rings. The summed E-state index contributed by atoms with van der Waals surface area (Å²) in [5.74, 6) is 0. The van der Waals surface area contributed by atoms with Crippen LogP contribution < -0.4 is 41.7 Å². The van der Waals surface area contributed by atoms with E-state index in [0.717, 1.165) is 22.7 Å². The third kappa shape index (κ3) is 4.84. The van der Waals surface area contributed by atoms with Crippen LogP contribution in [0.2, 0.25) is 0 Å². The van der Waals surface area contributed by atoms with Gasteiger partial charge in [0.05, 0.1) is 22.7 Å². The van der Waals surface area contributed by atoms with Crippen molar-refractivity contribution in [3.63, 3.8) is 0 Å². The van der Waals surface area contributed by atoms with Gasteiger partial charge in [0.1, 0.15) is 12.3 Å². The van der Waals surface area contributed by atoms with E-state index in [0.29, 0.717) is 10.2 Å². The average Bonchev–Trinajstić information content (AvgIpc) is 2.99. The largest absolute Gasteiger partial charge is 0.249 e. The summed E-state index contributed by atoms with van der Waals surface area (Å²) < 4.78 is 0. The van der Waals surface area contributed by atoms with Crippen LogP contribution in [0.3, 0.4) is 0 Å². The highest BCUT2D eigenvalue weighted by Crippen LogP contribution is 2.25. The minimum atomic E-state index is -0.359. The summed E-state index contributed by atoms with van der Waals surface area (Å²) in [5.41, 5.74) is 18.0. The number of hydrogen-bond acceptors (Lipinski definition) is 6. The van der Waals surface area contributed by atoms with E-state index >= 15 is 0 Å². The fraction of sp³-hybridized carbons (Fsp3) is 0.0714. The van der Waals surface area contributed by atoms with Gasteiger partial charge in [-0.3, -0.25) is 0 Å². The van der Waals surface area contributed by atoms with Crippen molar-refractivity contribution in [2.24, 2.45) is 0 Å². The lowest BCUT2D eigenvalue weighted by molar-refractivity contribution is 0.265. The van der Waals surface area contributed by atoms with Gasteiger partial charge >= 0.3 is 0 Å². The molecule has 10 heteroatoms. The van der Waals surface area contributed by atoms with E-state index in [1.54, 1.807) is 0 Å². The minimum Gasteiger partial charge on any atom is -0.249 e. The number of rotatable bonds is 5. The Labute approximate surface area is 232 Å². The first-order valence-corrected chi connectivity index (χ1v) is 13.0. The number of nitrogens with one attached hydrogen (secondary N) is 4. The summed E-state index contributed by atoms with van der Waals surface area (Å²) in [6.07, 6.45) is -0.717. The van der Waals surface area contributed by atoms with Gasteiger partial charge in [0, 0.05) is 0 Å². The zero-order valence-electron chi connectivity index (χ0n) is 20.3. The van der Waals surface area contributed by atoms with Crippen LogP contribution in [0.1, 0.15) is 0 Å². The molecule has 0 amide bonds. The van der Waals surface area contributed by atoms with Gasteiger partial charge in [-0.1, -0.05) is 72.8 Å². The van der Waals surface area contributed by atoms with E-state index in [4.69, 9.17) is 24.4 Å². The highest BCUT2D eigenvalue weighted by Gasteiger charge is 2.40. The van der Waals surface area contributed by atoms with Gasteiger partial charge in [-0.05, 0) is 73.0 Å². The summed E-state index contributed by atoms with van der Waals surface area (Å²) in [4.78, 5) is 0. The normalized spacial score (nSPS) is 17.3. The van der Waals surface area contributed by atoms with Crippen LogP contribution in [0.25, 0.3) is 0 Å². The van der Waals surface area contributed by atoms with E-state index in [-0.39, 0.29) is 12.3 Å². The van der Waals surface area contributed by atoms with Gasteiger partial charge in [0.2, 0.25) is 10.2 Å². The van der Waals surface area contributed by atoms with E-state index in [1.807, 2.05) is 141 Å². The number of para-hydroxylation sites is 4. The number of benzene rings is 4. The Morgan fingerprint density at radius 2 is 0.579 bits per heavy atom. The maximum Gasteiger partial charge on any atom is 0.210 e. The lowest BCUT2D eigenvalue weighted by Gasteiger charge is -2.50. The van der Waals surface area contributed by atoms with E-state index < -0.39 is 0 Å². The quantitative estimate of drug-likeness (QED) is 0.277. The Morgan fingerprint density at radius 1 is 0.368 bits per heavy atom. The zero-order valence-corrected chi connectivity index (χ0v) is 21.9. The molecule has 2 saturated heterocycles. The van der Waals surface area contributed by atoms with Gasteiger partial charge in [-0.15, -0.1) is 0 Å². The van der Waals surface area contributed by atoms with Crippen molar-refractivity contribution in [3.05, 3.63) is 121 Å². The smallest absolute Gasteiger partial charge is 0.210 e. The summed E-state index contributed by atoms with van der Waals surface area (Å²) in [6.45, 7) is 0. The Kier molecular flexibility index (Phi) is 6.97. The maximum atomic E-state index is 5.93. The van der Waals surface area contributed by atoms with E-state index in [2.05, 4.69) is 21.7 Å². The highest BCUT2D eigenvalue weighted by molar-refractivity contribution is 7.81.